The summed E-state index contributed by atoms with van der Waals surface area (Å²) < 4.78 is 5.31. The van der Waals surface area contributed by atoms with Crippen LogP contribution in [0.15, 0.2) is 23.6 Å². The zero-order valence-corrected chi connectivity index (χ0v) is 16.8. The first-order chi connectivity index (χ1) is 12.3. The summed E-state index contributed by atoms with van der Waals surface area (Å²) in [5, 5.41) is 5.65. The Morgan fingerprint density at radius 1 is 1.35 bits per heavy atom. The standard InChI is InChI=1S/C20H27N3O2S/c1-20(2,3)10-18(24)22-19-21-16(13-26-19)12-23-8-7-14-9-17(25-4)6-5-15(14)11-23/h5-6,9,13H,7-8,10-12H2,1-4H3,(H,21,22,24). The number of carbonyl (C=O) groups is 1. The SMILES string of the molecule is COc1ccc2c(c1)CCN(Cc1csc(NC(=O)CC(C)(C)C)n1)C2. The fraction of sp³-hybridized carbons (Fsp3) is 0.500. The van der Waals surface area contributed by atoms with Crippen LogP contribution in [0.25, 0.3) is 0 Å². The van der Waals surface area contributed by atoms with Crippen LogP contribution in [0.5, 0.6) is 5.75 Å². The monoisotopic (exact) mass is 373 g/mol. The molecule has 1 amide bonds. The maximum atomic E-state index is 12.1. The Kier molecular flexibility index (Phi) is 5.63. The molecule has 26 heavy (non-hydrogen) atoms. The molecule has 0 bridgehead atoms. The number of rotatable bonds is 5. The Hall–Kier alpha value is -1.92. The number of amides is 1. The summed E-state index contributed by atoms with van der Waals surface area (Å²) in [5.41, 5.74) is 3.71. The van der Waals surface area contributed by atoms with Crippen molar-refractivity contribution >= 4 is 22.4 Å². The van der Waals surface area contributed by atoms with E-state index >= 15 is 0 Å². The Labute approximate surface area is 159 Å². The second-order valence-electron chi connectivity index (χ2n) is 8.02. The normalized spacial score (nSPS) is 14.8. The van der Waals surface area contributed by atoms with Gasteiger partial charge in [0.05, 0.1) is 12.8 Å². The van der Waals surface area contributed by atoms with Crippen LogP contribution in [0.2, 0.25) is 0 Å². The van der Waals surface area contributed by atoms with E-state index in [1.54, 1.807) is 7.11 Å². The number of anilines is 1. The number of benzene rings is 1. The van der Waals surface area contributed by atoms with Gasteiger partial charge in [-0.25, -0.2) is 4.98 Å². The molecular formula is C20H27N3O2S. The van der Waals surface area contributed by atoms with Gasteiger partial charge in [0, 0.05) is 31.4 Å². The number of nitrogens with zero attached hydrogens (tertiary/aromatic N) is 2. The molecule has 0 unspecified atom stereocenters. The third-order valence-electron chi connectivity index (χ3n) is 4.38. The van der Waals surface area contributed by atoms with Crippen molar-refractivity contribution in [3.63, 3.8) is 0 Å². The summed E-state index contributed by atoms with van der Waals surface area (Å²) in [5.74, 6) is 0.951. The number of methoxy groups -OCH3 is 1. The highest BCUT2D eigenvalue weighted by Gasteiger charge is 2.19. The minimum atomic E-state index is -0.0198. The van der Waals surface area contributed by atoms with Crippen molar-refractivity contribution < 1.29 is 9.53 Å². The number of ether oxygens (including phenoxy) is 1. The highest BCUT2D eigenvalue weighted by Crippen LogP contribution is 2.26. The van der Waals surface area contributed by atoms with E-state index < -0.39 is 0 Å². The lowest BCUT2D eigenvalue weighted by Crippen LogP contribution is -2.30. The minimum Gasteiger partial charge on any atom is -0.497 e. The van der Waals surface area contributed by atoms with Crippen molar-refractivity contribution in [1.82, 2.24) is 9.88 Å². The van der Waals surface area contributed by atoms with Crippen molar-refractivity contribution in [2.24, 2.45) is 5.41 Å². The van der Waals surface area contributed by atoms with Gasteiger partial charge in [-0.3, -0.25) is 9.69 Å². The maximum absolute atomic E-state index is 12.1. The van der Waals surface area contributed by atoms with Crippen molar-refractivity contribution in [3.8, 4) is 5.75 Å². The molecule has 1 aromatic carbocycles. The Bertz CT molecular complexity index is 780. The lowest BCUT2D eigenvalue weighted by atomic mass is 9.92. The average molecular weight is 374 g/mol. The van der Waals surface area contributed by atoms with Gasteiger partial charge in [0.15, 0.2) is 5.13 Å². The molecule has 1 aliphatic heterocycles. The van der Waals surface area contributed by atoms with E-state index in [2.05, 4.69) is 48.1 Å². The van der Waals surface area contributed by atoms with Gasteiger partial charge in [0.1, 0.15) is 5.75 Å². The molecule has 3 rings (SSSR count). The van der Waals surface area contributed by atoms with Crippen molar-refractivity contribution in [2.45, 2.75) is 46.7 Å². The molecule has 0 atom stereocenters. The van der Waals surface area contributed by atoms with E-state index in [1.165, 1.54) is 22.5 Å². The van der Waals surface area contributed by atoms with Crippen molar-refractivity contribution in [1.29, 1.82) is 0 Å². The van der Waals surface area contributed by atoms with Crippen molar-refractivity contribution in [3.05, 3.63) is 40.4 Å². The number of thiazole rings is 1. The van der Waals surface area contributed by atoms with Crippen LogP contribution in [-0.2, 0) is 24.3 Å². The Morgan fingerprint density at radius 2 is 2.15 bits per heavy atom. The van der Waals surface area contributed by atoms with Crippen LogP contribution in [0.1, 0.15) is 44.0 Å². The van der Waals surface area contributed by atoms with Gasteiger partial charge < -0.3 is 10.1 Å². The number of hydrogen-bond donors (Lipinski definition) is 1. The van der Waals surface area contributed by atoms with Crippen LogP contribution in [0, 0.1) is 5.41 Å². The molecule has 0 spiro atoms. The molecule has 1 aliphatic rings. The topological polar surface area (TPSA) is 54.5 Å². The zero-order chi connectivity index (χ0) is 18.7. The first-order valence-corrected chi connectivity index (χ1v) is 9.83. The van der Waals surface area contributed by atoms with Crippen LogP contribution < -0.4 is 10.1 Å². The van der Waals surface area contributed by atoms with E-state index in [4.69, 9.17) is 4.74 Å². The van der Waals surface area contributed by atoms with Crippen LogP contribution in [0.3, 0.4) is 0 Å². The molecule has 0 radical (unpaired) electrons. The number of aromatic nitrogens is 1. The van der Waals surface area contributed by atoms with Gasteiger partial charge in [-0.05, 0) is 35.1 Å². The molecule has 5 nitrogen and oxygen atoms in total. The van der Waals surface area contributed by atoms with E-state index in [-0.39, 0.29) is 11.3 Å². The van der Waals surface area contributed by atoms with Gasteiger partial charge in [-0.15, -0.1) is 11.3 Å². The van der Waals surface area contributed by atoms with E-state index in [1.807, 2.05) is 11.4 Å². The first-order valence-electron chi connectivity index (χ1n) is 8.95. The molecule has 1 N–H and O–H groups in total. The molecule has 2 aromatic rings. The van der Waals surface area contributed by atoms with Gasteiger partial charge in [-0.2, -0.15) is 0 Å². The number of nitrogens with one attached hydrogen (secondary N) is 1. The number of hydrogen-bond acceptors (Lipinski definition) is 5. The molecule has 0 saturated heterocycles. The van der Waals surface area contributed by atoms with E-state index in [0.717, 1.165) is 37.5 Å². The molecular weight excluding hydrogens is 346 g/mol. The second-order valence-corrected chi connectivity index (χ2v) is 8.88. The van der Waals surface area contributed by atoms with Gasteiger partial charge >= 0.3 is 0 Å². The molecule has 140 valence electrons. The average Bonchev–Trinajstić information content (AvgIpc) is 2.99. The highest BCUT2D eigenvalue weighted by molar-refractivity contribution is 7.13. The third kappa shape index (κ3) is 5.05. The highest BCUT2D eigenvalue weighted by atomic mass is 32.1. The molecule has 0 aliphatic carbocycles. The Balaban J connectivity index is 1.57. The third-order valence-corrected chi connectivity index (χ3v) is 5.19. The van der Waals surface area contributed by atoms with Gasteiger partial charge in [-0.1, -0.05) is 26.8 Å². The summed E-state index contributed by atoms with van der Waals surface area (Å²) in [7, 11) is 1.71. The quantitative estimate of drug-likeness (QED) is 0.858. The van der Waals surface area contributed by atoms with E-state index in [0.29, 0.717) is 11.6 Å². The van der Waals surface area contributed by atoms with Gasteiger partial charge in [0.25, 0.3) is 0 Å². The lowest BCUT2D eigenvalue weighted by molar-refractivity contribution is -0.117. The largest absolute Gasteiger partial charge is 0.497 e. The predicted octanol–water partition coefficient (Wildman–Crippen LogP) is 4.08. The van der Waals surface area contributed by atoms with Crippen LogP contribution >= 0.6 is 11.3 Å². The van der Waals surface area contributed by atoms with Gasteiger partial charge in [0.2, 0.25) is 5.91 Å². The van der Waals surface area contributed by atoms with Crippen LogP contribution in [-0.4, -0.2) is 29.4 Å². The minimum absolute atomic E-state index is 0.0198. The Morgan fingerprint density at radius 3 is 2.88 bits per heavy atom. The molecule has 6 heteroatoms. The summed E-state index contributed by atoms with van der Waals surface area (Å²) in [6, 6.07) is 6.31. The lowest BCUT2D eigenvalue weighted by Gasteiger charge is -2.28. The zero-order valence-electron chi connectivity index (χ0n) is 16.0. The van der Waals surface area contributed by atoms with Crippen molar-refractivity contribution in [2.75, 3.05) is 19.0 Å². The number of fused-ring (bicyclic) bond motifs is 1. The second kappa shape index (κ2) is 7.76. The summed E-state index contributed by atoms with van der Waals surface area (Å²) in [6.45, 7) is 8.90. The number of carbonyl (C=O) groups excluding carboxylic acids is 1. The maximum Gasteiger partial charge on any atom is 0.226 e. The predicted molar refractivity (Wildman–Crippen MR) is 106 cm³/mol. The first kappa shape index (κ1) is 18.9. The smallest absolute Gasteiger partial charge is 0.226 e. The summed E-state index contributed by atoms with van der Waals surface area (Å²) in [6.07, 6.45) is 1.51. The summed E-state index contributed by atoms with van der Waals surface area (Å²) >= 11 is 1.50. The molecule has 0 saturated carbocycles. The fourth-order valence-electron chi connectivity index (χ4n) is 3.16. The fourth-order valence-corrected chi connectivity index (χ4v) is 3.88. The van der Waals surface area contributed by atoms with E-state index in [9.17, 15) is 4.79 Å². The molecule has 2 heterocycles. The van der Waals surface area contributed by atoms with Crippen LogP contribution in [0.4, 0.5) is 5.13 Å². The molecule has 1 aromatic heterocycles. The summed E-state index contributed by atoms with van der Waals surface area (Å²) in [4.78, 5) is 19.0. The molecule has 0 fully saturated rings.